The highest BCUT2D eigenvalue weighted by molar-refractivity contribution is 5.98. The topological polar surface area (TPSA) is 69.7 Å². The van der Waals surface area contributed by atoms with Crippen molar-refractivity contribution >= 4 is 23.3 Å². The fourth-order valence-electron chi connectivity index (χ4n) is 4.39. The van der Waals surface area contributed by atoms with Crippen LogP contribution in [-0.2, 0) is 22.4 Å². The number of aryl methyl sites for hydroxylation is 2. The van der Waals surface area contributed by atoms with Crippen LogP contribution < -0.4 is 5.32 Å². The first-order valence-corrected chi connectivity index (χ1v) is 11.2. The minimum Gasteiger partial charge on any atom is -0.340 e. The summed E-state index contributed by atoms with van der Waals surface area (Å²) < 4.78 is 13.2. The van der Waals surface area contributed by atoms with Crippen LogP contribution in [0.2, 0.25) is 0 Å². The quantitative estimate of drug-likeness (QED) is 0.676. The lowest BCUT2D eigenvalue weighted by molar-refractivity contribution is -0.133. The van der Waals surface area contributed by atoms with E-state index in [1.54, 1.807) is 17.0 Å². The van der Waals surface area contributed by atoms with Crippen molar-refractivity contribution < 1.29 is 18.8 Å². The lowest BCUT2D eigenvalue weighted by atomic mass is 10.0. The molecular weight excluding hydrogens is 409 g/mol. The predicted octanol–water partition coefficient (Wildman–Crippen LogP) is 3.06. The third-order valence-corrected chi connectivity index (χ3v) is 6.19. The molecule has 4 rings (SSSR count). The summed E-state index contributed by atoms with van der Waals surface area (Å²) in [5.74, 6) is -0.621. The third kappa shape index (κ3) is 5.59. The van der Waals surface area contributed by atoms with E-state index in [0.29, 0.717) is 37.4 Å². The summed E-state index contributed by atoms with van der Waals surface area (Å²) in [5.41, 5.74) is 3.73. The van der Waals surface area contributed by atoms with Gasteiger partial charge in [-0.15, -0.1) is 0 Å². The summed E-state index contributed by atoms with van der Waals surface area (Å²) in [6, 6.07) is 11.7. The molecule has 2 amide bonds. The van der Waals surface area contributed by atoms with Gasteiger partial charge in [-0.1, -0.05) is 18.2 Å². The highest BCUT2D eigenvalue weighted by atomic mass is 19.1. The van der Waals surface area contributed by atoms with Gasteiger partial charge in [-0.25, -0.2) is 4.39 Å². The van der Waals surface area contributed by atoms with Gasteiger partial charge in [0.15, 0.2) is 5.78 Å². The van der Waals surface area contributed by atoms with Crippen molar-refractivity contribution in [3.05, 3.63) is 65.0 Å². The van der Waals surface area contributed by atoms with Gasteiger partial charge in [0.1, 0.15) is 5.82 Å². The first-order chi connectivity index (χ1) is 15.5. The van der Waals surface area contributed by atoms with Crippen molar-refractivity contribution in [1.29, 1.82) is 0 Å². The molecule has 0 bridgehead atoms. The standard InChI is InChI=1S/C25H28FN3O3/c26-21-5-2-6-22(16-21)27-24(31)17-28-11-13-29(14-12-28)25(32)10-9-23(30)20-8-7-18-3-1-4-19(18)15-20/h2,5-8,15-16H,1,3-4,9-14,17H2,(H,27,31). The number of hydrogen-bond donors (Lipinski definition) is 1. The van der Waals surface area contributed by atoms with Gasteiger partial charge in [0.25, 0.3) is 0 Å². The molecule has 1 aliphatic carbocycles. The first-order valence-electron chi connectivity index (χ1n) is 11.2. The molecule has 0 aromatic heterocycles. The Hall–Kier alpha value is -3.06. The van der Waals surface area contributed by atoms with Crippen LogP contribution >= 0.6 is 0 Å². The fraction of sp³-hybridized carbons (Fsp3) is 0.400. The average Bonchev–Trinajstić information content (AvgIpc) is 3.25. The first kappa shape index (κ1) is 22.1. The van der Waals surface area contributed by atoms with Crippen molar-refractivity contribution in [3.63, 3.8) is 0 Å². The Balaban J connectivity index is 1.19. The van der Waals surface area contributed by atoms with Gasteiger partial charge in [-0.2, -0.15) is 0 Å². The Morgan fingerprint density at radius 1 is 0.906 bits per heavy atom. The average molecular weight is 438 g/mol. The summed E-state index contributed by atoms with van der Waals surface area (Å²) in [5, 5.41) is 2.69. The molecule has 0 saturated carbocycles. The van der Waals surface area contributed by atoms with E-state index >= 15 is 0 Å². The van der Waals surface area contributed by atoms with E-state index in [-0.39, 0.29) is 37.0 Å². The highest BCUT2D eigenvalue weighted by Crippen LogP contribution is 2.23. The summed E-state index contributed by atoms with van der Waals surface area (Å²) in [6.45, 7) is 2.41. The van der Waals surface area contributed by atoms with E-state index in [1.165, 1.54) is 23.3 Å². The number of amides is 2. The maximum Gasteiger partial charge on any atom is 0.238 e. The van der Waals surface area contributed by atoms with Crippen molar-refractivity contribution in [1.82, 2.24) is 9.80 Å². The van der Waals surface area contributed by atoms with Crippen LogP contribution in [0, 0.1) is 5.82 Å². The van der Waals surface area contributed by atoms with Gasteiger partial charge in [0.2, 0.25) is 11.8 Å². The van der Waals surface area contributed by atoms with Gasteiger partial charge in [-0.3, -0.25) is 19.3 Å². The second kappa shape index (κ2) is 10.0. The molecule has 6 nitrogen and oxygen atoms in total. The largest absolute Gasteiger partial charge is 0.340 e. The Morgan fingerprint density at radius 2 is 1.69 bits per heavy atom. The Bertz CT molecular complexity index is 1020. The van der Waals surface area contributed by atoms with Crippen LogP contribution in [0.1, 0.15) is 40.7 Å². The summed E-state index contributed by atoms with van der Waals surface area (Å²) in [6.07, 6.45) is 3.68. The van der Waals surface area contributed by atoms with Crippen LogP contribution in [0.25, 0.3) is 0 Å². The molecule has 1 fully saturated rings. The van der Waals surface area contributed by atoms with Crippen LogP contribution in [-0.4, -0.2) is 60.1 Å². The normalized spacial score (nSPS) is 16.0. The van der Waals surface area contributed by atoms with E-state index in [1.807, 2.05) is 23.1 Å². The fourth-order valence-corrected chi connectivity index (χ4v) is 4.39. The van der Waals surface area contributed by atoms with E-state index in [4.69, 9.17) is 0 Å². The maximum absolute atomic E-state index is 13.2. The number of Topliss-reactive ketones (excluding diaryl/α,β-unsaturated/α-hetero) is 1. The second-order valence-corrected chi connectivity index (χ2v) is 8.48. The summed E-state index contributed by atoms with van der Waals surface area (Å²) in [4.78, 5) is 41.0. The zero-order valence-electron chi connectivity index (χ0n) is 18.1. The molecule has 1 heterocycles. The number of rotatable bonds is 7. The molecular formula is C25H28FN3O3. The van der Waals surface area contributed by atoms with Crippen LogP contribution in [0.15, 0.2) is 42.5 Å². The number of anilines is 1. The van der Waals surface area contributed by atoms with E-state index in [9.17, 15) is 18.8 Å². The lowest BCUT2D eigenvalue weighted by Crippen LogP contribution is -2.50. The minimum atomic E-state index is -0.399. The number of ketones is 1. The molecule has 0 atom stereocenters. The van der Waals surface area contributed by atoms with E-state index in [2.05, 4.69) is 5.32 Å². The molecule has 1 aliphatic heterocycles. The Kier molecular flexibility index (Phi) is 6.95. The smallest absolute Gasteiger partial charge is 0.238 e. The van der Waals surface area contributed by atoms with Gasteiger partial charge >= 0.3 is 0 Å². The van der Waals surface area contributed by atoms with Gasteiger partial charge in [0, 0.05) is 50.3 Å². The number of benzene rings is 2. The number of nitrogens with zero attached hydrogens (tertiary/aromatic N) is 2. The molecule has 168 valence electrons. The number of piperazine rings is 1. The Labute approximate surface area is 187 Å². The van der Waals surface area contributed by atoms with Gasteiger partial charge < -0.3 is 10.2 Å². The number of carbonyl (C=O) groups is 3. The zero-order valence-corrected chi connectivity index (χ0v) is 18.1. The highest BCUT2D eigenvalue weighted by Gasteiger charge is 2.23. The minimum absolute atomic E-state index is 0.0145. The van der Waals surface area contributed by atoms with Crippen LogP contribution in [0.4, 0.5) is 10.1 Å². The molecule has 0 spiro atoms. The molecule has 1 N–H and O–H groups in total. The number of hydrogen-bond acceptors (Lipinski definition) is 4. The predicted molar refractivity (Wildman–Crippen MR) is 120 cm³/mol. The summed E-state index contributed by atoms with van der Waals surface area (Å²) in [7, 11) is 0. The van der Waals surface area contributed by atoms with E-state index < -0.39 is 5.82 Å². The molecule has 7 heteroatoms. The third-order valence-electron chi connectivity index (χ3n) is 6.19. The number of halogens is 1. The number of nitrogens with one attached hydrogen (secondary N) is 1. The monoisotopic (exact) mass is 437 g/mol. The maximum atomic E-state index is 13.2. The zero-order chi connectivity index (χ0) is 22.5. The van der Waals surface area contributed by atoms with Gasteiger partial charge in [-0.05, 0) is 54.7 Å². The molecule has 0 unspecified atom stereocenters. The van der Waals surface area contributed by atoms with Crippen molar-refractivity contribution in [2.24, 2.45) is 0 Å². The van der Waals surface area contributed by atoms with Crippen LogP contribution in [0.5, 0.6) is 0 Å². The number of carbonyl (C=O) groups excluding carboxylic acids is 3. The molecule has 1 saturated heterocycles. The molecule has 0 radical (unpaired) electrons. The van der Waals surface area contributed by atoms with Crippen molar-refractivity contribution in [2.45, 2.75) is 32.1 Å². The van der Waals surface area contributed by atoms with Crippen molar-refractivity contribution in [2.75, 3.05) is 38.0 Å². The Morgan fingerprint density at radius 3 is 2.47 bits per heavy atom. The van der Waals surface area contributed by atoms with Gasteiger partial charge in [0.05, 0.1) is 6.54 Å². The SMILES string of the molecule is O=C(CN1CCN(C(=O)CCC(=O)c2ccc3c(c2)CCC3)CC1)Nc1cccc(F)c1. The lowest BCUT2D eigenvalue weighted by Gasteiger charge is -2.34. The number of fused-ring (bicyclic) bond motifs is 1. The molecule has 2 aliphatic rings. The van der Waals surface area contributed by atoms with Crippen LogP contribution in [0.3, 0.4) is 0 Å². The van der Waals surface area contributed by atoms with E-state index in [0.717, 1.165) is 19.3 Å². The molecule has 2 aromatic carbocycles. The molecule has 2 aromatic rings. The summed E-state index contributed by atoms with van der Waals surface area (Å²) >= 11 is 0. The second-order valence-electron chi connectivity index (χ2n) is 8.48. The molecule has 32 heavy (non-hydrogen) atoms. The van der Waals surface area contributed by atoms with Crippen molar-refractivity contribution in [3.8, 4) is 0 Å².